The summed E-state index contributed by atoms with van der Waals surface area (Å²) in [6.07, 6.45) is -0.355. The fourth-order valence-corrected chi connectivity index (χ4v) is 5.66. The first-order valence-electron chi connectivity index (χ1n) is 11.4. The van der Waals surface area contributed by atoms with Crippen LogP contribution in [0.25, 0.3) is 0 Å². The third-order valence-corrected chi connectivity index (χ3v) is 7.68. The van der Waals surface area contributed by atoms with Gasteiger partial charge in [0.1, 0.15) is 10.8 Å². The van der Waals surface area contributed by atoms with Crippen LogP contribution in [-0.4, -0.2) is 64.4 Å². The minimum atomic E-state index is -0.620. The van der Waals surface area contributed by atoms with Crippen molar-refractivity contribution < 1.29 is 23.9 Å². The lowest BCUT2D eigenvalue weighted by atomic mass is 10.1. The second-order valence-electron chi connectivity index (χ2n) is 8.77. The number of nitrogens with zero attached hydrogens (tertiary/aromatic N) is 4. The number of aromatic nitrogens is 3. The summed E-state index contributed by atoms with van der Waals surface area (Å²) in [5, 5.41) is 12.0. The first kappa shape index (κ1) is 28.2. The van der Waals surface area contributed by atoms with Crippen molar-refractivity contribution in [2.75, 3.05) is 32.3 Å². The molecular weight excluding hydrogens is 514 g/mol. The summed E-state index contributed by atoms with van der Waals surface area (Å²) < 4.78 is 12.7. The number of thiophene rings is 1. The zero-order valence-corrected chi connectivity index (χ0v) is 23.8. The van der Waals surface area contributed by atoms with Crippen LogP contribution in [0.3, 0.4) is 0 Å². The normalized spacial score (nSPS) is 11.7. The van der Waals surface area contributed by atoms with Gasteiger partial charge >= 0.3 is 5.97 Å². The Balaban J connectivity index is 1.70. The fraction of sp³-hybridized carbons (Fsp3) is 0.400. The van der Waals surface area contributed by atoms with Gasteiger partial charge in [0, 0.05) is 21.1 Å². The van der Waals surface area contributed by atoms with Gasteiger partial charge in [-0.3, -0.25) is 9.59 Å². The smallest absolute Gasteiger partial charge is 0.341 e. The molecule has 3 rings (SSSR count). The number of esters is 1. The Kier molecular flexibility index (Phi) is 8.98. The maximum absolute atomic E-state index is 12.8. The number of rotatable bonds is 9. The molecule has 2 heterocycles. The van der Waals surface area contributed by atoms with E-state index < -0.39 is 5.97 Å². The van der Waals surface area contributed by atoms with Crippen LogP contribution < -0.4 is 10.1 Å². The number of carbonyl (C=O) groups excluding carboxylic acids is 3. The molecular formula is C25H31N5O5S2. The van der Waals surface area contributed by atoms with Crippen LogP contribution in [0.5, 0.6) is 5.75 Å². The lowest BCUT2D eigenvalue weighted by Gasteiger charge is -2.15. The Bertz CT molecular complexity index is 1310. The average molecular weight is 546 g/mol. The third-order valence-electron chi connectivity index (χ3n) is 5.46. The molecule has 1 aromatic carbocycles. The van der Waals surface area contributed by atoms with Crippen LogP contribution in [-0.2, 0) is 16.6 Å². The number of methoxy groups -OCH3 is 1. The Morgan fingerprint density at radius 1 is 1.14 bits per heavy atom. The van der Waals surface area contributed by atoms with Crippen LogP contribution in [0.4, 0.5) is 5.00 Å². The van der Waals surface area contributed by atoms with Crippen molar-refractivity contribution in [1.29, 1.82) is 0 Å². The summed E-state index contributed by atoms with van der Waals surface area (Å²) in [7, 11) is 6.31. The highest BCUT2D eigenvalue weighted by molar-refractivity contribution is 7.99. The van der Waals surface area contributed by atoms with Crippen molar-refractivity contribution in [2.24, 2.45) is 7.05 Å². The summed E-state index contributed by atoms with van der Waals surface area (Å²) >= 11 is 2.25. The molecule has 10 nitrogen and oxygen atoms in total. The quantitative estimate of drug-likeness (QED) is 0.315. The summed E-state index contributed by atoms with van der Waals surface area (Å²) in [6, 6.07) is 6.00. The predicted octanol–water partition coefficient (Wildman–Crippen LogP) is 4.16. The van der Waals surface area contributed by atoms with E-state index in [-0.39, 0.29) is 34.2 Å². The van der Waals surface area contributed by atoms with E-state index in [2.05, 4.69) is 21.6 Å². The van der Waals surface area contributed by atoms with E-state index >= 15 is 0 Å². The van der Waals surface area contributed by atoms with E-state index in [0.29, 0.717) is 21.4 Å². The van der Waals surface area contributed by atoms with Gasteiger partial charge in [0.2, 0.25) is 5.91 Å². The lowest BCUT2D eigenvalue weighted by Crippen LogP contribution is -2.21. The first-order valence-corrected chi connectivity index (χ1v) is 13.2. The number of hydrogen-bond acceptors (Lipinski definition) is 9. The monoisotopic (exact) mass is 545 g/mol. The van der Waals surface area contributed by atoms with E-state index in [1.165, 1.54) is 23.8 Å². The zero-order valence-electron chi connectivity index (χ0n) is 22.2. The Morgan fingerprint density at radius 3 is 2.38 bits per heavy atom. The van der Waals surface area contributed by atoms with Gasteiger partial charge in [-0.1, -0.05) is 17.8 Å². The largest absolute Gasteiger partial charge is 0.483 e. The number of benzene rings is 1. The van der Waals surface area contributed by atoms with Crippen molar-refractivity contribution >= 4 is 45.9 Å². The molecule has 1 atom stereocenters. The minimum Gasteiger partial charge on any atom is -0.483 e. The number of hydrogen-bond donors (Lipinski definition) is 1. The molecule has 198 valence electrons. The topological polar surface area (TPSA) is 116 Å². The summed E-state index contributed by atoms with van der Waals surface area (Å²) in [5.74, 6) is 0.158. The molecule has 2 aromatic heterocycles. The number of ether oxygens (including phenoxy) is 2. The molecule has 0 aliphatic heterocycles. The van der Waals surface area contributed by atoms with Crippen LogP contribution in [0.1, 0.15) is 55.6 Å². The Morgan fingerprint density at radius 2 is 1.78 bits per heavy atom. The predicted molar refractivity (Wildman–Crippen MR) is 144 cm³/mol. The Labute approximate surface area is 224 Å². The maximum Gasteiger partial charge on any atom is 0.341 e. The molecule has 1 N–H and O–H groups in total. The number of anilines is 1. The average Bonchev–Trinajstić information content (AvgIpc) is 3.35. The molecule has 0 bridgehead atoms. The van der Waals surface area contributed by atoms with E-state index in [9.17, 15) is 14.4 Å². The van der Waals surface area contributed by atoms with Crippen LogP contribution in [0.2, 0.25) is 0 Å². The summed E-state index contributed by atoms with van der Waals surface area (Å²) in [5.41, 5.74) is 2.86. The standard InChI is InChI=1S/C25H31N5O5S2/c1-13-9-14(2)11-17(10-13)35-16(4)21-27-28-25(30(21)7)36-12-18(31)26-22-19(24(33)34-8)15(3)20(37-22)23(32)29(5)6/h9-11,16H,12H2,1-8H3,(H,26,31). The summed E-state index contributed by atoms with van der Waals surface area (Å²) in [4.78, 5) is 39.4. The number of aryl methyl sites for hydroxylation is 2. The van der Waals surface area contributed by atoms with Crippen LogP contribution in [0, 0.1) is 20.8 Å². The molecule has 0 aliphatic carbocycles. The fourth-order valence-electron chi connectivity index (χ4n) is 3.71. The van der Waals surface area contributed by atoms with Gasteiger partial charge in [-0.2, -0.15) is 0 Å². The maximum atomic E-state index is 12.8. The van der Waals surface area contributed by atoms with E-state index in [1.807, 2.05) is 40.0 Å². The van der Waals surface area contributed by atoms with Gasteiger partial charge in [0.25, 0.3) is 5.91 Å². The van der Waals surface area contributed by atoms with Crippen molar-refractivity contribution in [3.63, 3.8) is 0 Å². The lowest BCUT2D eigenvalue weighted by molar-refractivity contribution is -0.113. The molecule has 0 saturated heterocycles. The highest BCUT2D eigenvalue weighted by Gasteiger charge is 2.27. The van der Waals surface area contributed by atoms with E-state index in [0.717, 1.165) is 28.2 Å². The highest BCUT2D eigenvalue weighted by atomic mass is 32.2. The second-order valence-corrected chi connectivity index (χ2v) is 10.7. The summed E-state index contributed by atoms with van der Waals surface area (Å²) in [6.45, 7) is 7.58. The molecule has 37 heavy (non-hydrogen) atoms. The first-order chi connectivity index (χ1) is 17.4. The number of nitrogens with one attached hydrogen (secondary N) is 1. The minimum absolute atomic E-state index is 0.0206. The van der Waals surface area contributed by atoms with Crippen molar-refractivity contribution in [3.8, 4) is 5.75 Å². The molecule has 1 unspecified atom stereocenters. The van der Waals surface area contributed by atoms with Gasteiger partial charge in [0.05, 0.1) is 23.3 Å². The molecule has 12 heteroatoms. The SMILES string of the molecule is COC(=O)c1c(NC(=O)CSc2nnc(C(C)Oc3cc(C)cc(C)c3)n2C)sc(C(=O)N(C)C)c1C. The van der Waals surface area contributed by atoms with Gasteiger partial charge in [-0.15, -0.1) is 21.5 Å². The molecule has 0 radical (unpaired) electrons. The van der Waals surface area contributed by atoms with Crippen molar-refractivity contribution in [3.05, 3.63) is 51.2 Å². The van der Waals surface area contributed by atoms with Crippen molar-refractivity contribution in [1.82, 2.24) is 19.7 Å². The number of thioether (sulfide) groups is 1. The Hall–Kier alpha value is -3.38. The van der Waals surface area contributed by atoms with E-state index in [1.54, 1.807) is 25.6 Å². The third kappa shape index (κ3) is 6.50. The molecule has 0 spiro atoms. The number of amides is 2. The van der Waals surface area contributed by atoms with E-state index in [4.69, 9.17) is 9.47 Å². The zero-order chi connectivity index (χ0) is 27.4. The van der Waals surface area contributed by atoms with Gasteiger partial charge in [0.15, 0.2) is 17.1 Å². The molecule has 0 aliphatic rings. The van der Waals surface area contributed by atoms with Crippen LogP contribution in [0.15, 0.2) is 23.4 Å². The molecule has 0 fully saturated rings. The van der Waals surface area contributed by atoms with Gasteiger partial charge in [-0.05, 0) is 56.5 Å². The van der Waals surface area contributed by atoms with Crippen LogP contribution >= 0.6 is 23.1 Å². The second kappa shape index (κ2) is 11.8. The number of carbonyl (C=O) groups is 3. The van der Waals surface area contributed by atoms with Gasteiger partial charge in [-0.25, -0.2) is 4.79 Å². The van der Waals surface area contributed by atoms with Gasteiger partial charge < -0.3 is 24.3 Å². The van der Waals surface area contributed by atoms with Crippen molar-refractivity contribution in [2.45, 2.75) is 39.0 Å². The molecule has 3 aromatic rings. The molecule has 0 saturated carbocycles. The highest BCUT2D eigenvalue weighted by Crippen LogP contribution is 2.34. The molecule has 2 amide bonds.